The van der Waals surface area contributed by atoms with E-state index in [2.05, 4.69) is 5.32 Å². The molecule has 5 heteroatoms. The number of hydrogen-bond acceptors (Lipinski definition) is 3. The van der Waals surface area contributed by atoms with Gasteiger partial charge in [0.05, 0.1) is 0 Å². The van der Waals surface area contributed by atoms with Crippen LogP contribution < -0.4 is 10.2 Å². The highest BCUT2D eigenvalue weighted by atomic mass is 35.5. The Kier molecular flexibility index (Phi) is 4.49. The largest absolute Gasteiger partial charge is 0.451 e. The third kappa shape index (κ3) is 3.24. The normalized spacial score (nSPS) is 10.8. The van der Waals surface area contributed by atoms with Gasteiger partial charge in [0, 0.05) is 42.3 Å². The van der Waals surface area contributed by atoms with Crippen LogP contribution in [-0.4, -0.2) is 20.0 Å². The van der Waals surface area contributed by atoms with Crippen LogP contribution >= 0.6 is 11.6 Å². The number of carbonyl (C=O) groups excluding carboxylic acids is 1. The summed E-state index contributed by atoms with van der Waals surface area (Å²) < 4.78 is 5.68. The van der Waals surface area contributed by atoms with Gasteiger partial charge in [-0.25, -0.2) is 0 Å². The molecule has 24 heavy (non-hydrogen) atoms. The Labute approximate surface area is 146 Å². The quantitative estimate of drug-likeness (QED) is 0.764. The predicted octanol–water partition coefficient (Wildman–Crippen LogP) is 4.39. The Morgan fingerprint density at radius 2 is 1.88 bits per heavy atom. The van der Waals surface area contributed by atoms with Gasteiger partial charge in [0.25, 0.3) is 5.91 Å². The first-order chi connectivity index (χ1) is 11.5. The molecule has 1 heterocycles. The second kappa shape index (κ2) is 6.57. The third-order valence-electron chi connectivity index (χ3n) is 4.01. The Morgan fingerprint density at radius 1 is 1.17 bits per heavy atom. The molecule has 0 radical (unpaired) electrons. The zero-order chi connectivity index (χ0) is 17.3. The zero-order valence-electron chi connectivity index (χ0n) is 13.9. The summed E-state index contributed by atoms with van der Waals surface area (Å²) >= 11 is 6.01. The standard InChI is InChI=1S/C19H19ClN2O2/c1-12-16-10-14(20)6-9-17(16)24-18(12)19(23)21-11-13-4-7-15(8-5-13)22(2)3/h4-10H,11H2,1-3H3,(H,21,23). The molecule has 0 saturated heterocycles. The molecule has 0 saturated carbocycles. The number of fused-ring (bicyclic) bond motifs is 1. The molecule has 0 unspecified atom stereocenters. The number of amides is 1. The van der Waals surface area contributed by atoms with Gasteiger partial charge >= 0.3 is 0 Å². The van der Waals surface area contributed by atoms with Crippen molar-refractivity contribution in [3.8, 4) is 0 Å². The highest BCUT2D eigenvalue weighted by Gasteiger charge is 2.17. The summed E-state index contributed by atoms with van der Waals surface area (Å²) in [6.45, 7) is 2.31. The molecule has 2 aromatic carbocycles. The van der Waals surface area contributed by atoms with Crippen molar-refractivity contribution in [1.29, 1.82) is 0 Å². The van der Waals surface area contributed by atoms with Crippen molar-refractivity contribution in [1.82, 2.24) is 5.32 Å². The summed E-state index contributed by atoms with van der Waals surface area (Å²) in [5, 5.41) is 4.39. The first kappa shape index (κ1) is 16.4. The Bertz CT molecular complexity index is 882. The van der Waals surface area contributed by atoms with Crippen molar-refractivity contribution in [2.45, 2.75) is 13.5 Å². The van der Waals surface area contributed by atoms with Gasteiger partial charge in [-0.2, -0.15) is 0 Å². The predicted molar refractivity (Wildman–Crippen MR) is 97.9 cm³/mol. The maximum absolute atomic E-state index is 12.4. The molecule has 3 aromatic rings. The number of carbonyl (C=O) groups is 1. The van der Waals surface area contributed by atoms with E-state index in [4.69, 9.17) is 16.0 Å². The van der Waals surface area contributed by atoms with E-state index in [9.17, 15) is 4.79 Å². The lowest BCUT2D eigenvalue weighted by Crippen LogP contribution is -2.23. The van der Waals surface area contributed by atoms with Crippen molar-refractivity contribution in [3.63, 3.8) is 0 Å². The summed E-state index contributed by atoms with van der Waals surface area (Å²) in [5.74, 6) is 0.105. The highest BCUT2D eigenvalue weighted by Crippen LogP contribution is 2.27. The molecule has 0 aliphatic carbocycles. The van der Waals surface area contributed by atoms with Crippen molar-refractivity contribution in [2.75, 3.05) is 19.0 Å². The van der Waals surface area contributed by atoms with E-state index in [0.717, 1.165) is 22.2 Å². The van der Waals surface area contributed by atoms with Crippen molar-refractivity contribution >= 4 is 34.2 Å². The summed E-state index contributed by atoms with van der Waals surface area (Å²) in [7, 11) is 3.99. The number of hydrogen-bond donors (Lipinski definition) is 1. The van der Waals surface area contributed by atoms with Crippen molar-refractivity contribution in [3.05, 3.63) is 64.4 Å². The van der Waals surface area contributed by atoms with E-state index in [1.807, 2.05) is 56.3 Å². The Hall–Kier alpha value is -2.46. The average Bonchev–Trinajstić information content (AvgIpc) is 2.89. The van der Waals surface area contributed by atoms with Gasteiger partial charge in [0.1, 0.15) is 5.58 Å². The van der Waals surface area contributed by atoms with Gasteiger partial charge in [-0.1, -0.05) is 23.7 Å². The number of anilines is 1. The zero-order valence-corrected chi connectivity index (χ0v) is 14.6. The fourth-order valence-corrected chi connectivity index (χ4v) is 2.76. The van der Waals surface area contributed by atoms with E-state index in [1.54, 1.807) is 12.1 Å². The fourth-order valence-electron chi connectivity index (χ4n) is 2.58. The number of nitrogens with one attached hydrogen (secondary N) is 1. The van der Waals surface area contributed by atoms with Crippen LogP contribution in [0, 0.1) is 6.92 Å². The second-order valence-corrected chi connectivity index (χ2v) is 6.38. The molecule has 4 nitrogen and oxygen atoms in total. The van der Waals surface area contributed by atoms with Crippen LogP contribution in [0.3, 0.4) is 0 Å². The van der Waals surface area contributed by atoms with E-state index < -0.39 is 0 Å². The molecule has 0 bridgehead atoms. The average molecular weight is 343 g/mol. The summed E-state index contributed by atoms with van der Waals surface area (Å²) in [6, 6.07) is 13.4. The smallest absolute Gasteiger partial charge is 0.287 e. The number of benzene rings is 2. The van der Waals surface area contributed by atoms with Crippen molar-refractivity contribution < 1.29 is 9.21 Å². The molecule has 0 atom stereocenters. The Balaban J connectivity index is 1.74. The van der Waals surface area contributed by atoms with Crippen molar-refractivity contribution in [2.24, 2.45) is 0 Å². The second-order valence-electron chi connectivity index (χ2n) is 5.94. The number of halogens is 1. The van der Waals surface area contributed by atoms with Gasteiger partial charge in [-0.3, -0.25) is 4.79 Å². The third-order valence-corrected chi connectivity index (χ3v) is 4.25. The molecule has 1 aromatic heterocycles. The molecular weight excluding hydrogens is 324 g/mol. The van der Waals surface area contributed by atoms with E-state index in [0.29, 0.717) is 22.9 Å². The molecular formula is C19H19ClN2O2. The highest BCUT2D eigenvalue weighted by molar-refractivity contribution is 6.31. The topological polar surface area (TPSA) is 45.5 Å². The lowest BCUT2D eigenvalue weighted by molar-refractivity contribution is 0.0924. The van der Waals surface area contributed by atoms with Crippen LogP contribution in [0.4, 0.5) is 5.69 Å². The first-order valence-corrected chi connectivity index (χ1v) is 8.06. The van der Waals surface area contributed by atoms with Crippen LogP contribution in [-0.2, 0) is 6.54 Å². The SMILES string of the molecule is Cc1c(C(=O)NCc2ccc(N(C)C)cc2)oc2ccc(Cl)cc12. The van der Waals surface area contributed by atoms with E-state index >= 15 is 0 Å². The lowest BCUT2D eigenvalue weighted by Gasteiger charge is -2.12. The molecule has 0 spiro atoms. The van der Waals surface area contributed by atoms with E-state index in [-0.39, 0.29) is 5.91 Å². The molecule has 124 valence electrons. The minimum Gasteiger partial charge on any atom is -0.451 e. The van der Waals surface area contributed by atoms with Gasteiger partial charge in [0.15, 0.2) is 5.76 Å². The van der Waals surface area contributed by atoms with Crippen LogP contribution in [0.25, 0.3) is 11.0 Å². The van der Waals surface area contributed by atoms with E-state index in [1.165, 1.54) is 0 Å². The minimum absolute atomic E-state index is 0.225. The molecule has 1 N–H and O–H groups in total. The molecule has 1 amide bonds. The van der Waals surface area contributed by atoms with Crippen LogP contribution in [0.2, 0.25) is 5.02 Å². The lowest BCUT2D eigenvalue weighted by atomic mass is 10.1. The number of aryl methyl sites for hydroxylation is 1. The van der Waals surface area contributed by atoms with Crippen LogP contribution in [0.5, 0.6) is 0 Å². The minimum atomic E-state index is -0.225. The molecule has 0 aliphatic rings. The molecule has 0 aliphatic heterocycles. The first-order valence-electron chi connectivity index (χ1n) is 7.69. The van der Waals surface area contributed by atoms with Crippen LogP contribution in [0.15, 0.2) is 46.9 Å². The Morgan fingerprint density at radius 3 is 2.54 bits per heavy atom. The summed E-state index contributed by atoms with van der Waals surface area (Å²) in [4.78, 5) is 14.5. The monoisotopic (exact) mass is 342 g/mol. The maximum atomic E-state index is 12.4. The van der Waals surface area contributed by atoms with Gasteiger partial charge in [-0.15, -0.1) is 0 Å². The van der Waals surface area contributed by atoms with Gasteiger partial charge in [0.2, 0.25) is 0 Å². The summed E-state index contributed by atoms with van der Waals surface area (Å²) in [6.07, 6.45) is 0. The number of furan rings is 1. The van der Waals surface area contributed by atoms with Gasteiger partial charge in [-0.05, 0) is 42.8 Å². The number of rotatable bonds is 4. The summed E-state index contributed by atoms with van der Waals surface area (Å²) in [5.41, 5.74) is 3.62. The van der Waals surface area contributed by atoms with Gasteiger partial charge < -0.3 is 14.6 Å². The maximum Gasteiger partial charge on any atom is 0.287 e. The fraction of sp³-hybridized carbons (Fsp3) is 0.211. The molecule has 3 rings (SSSR count). The molecule has 0 fully saturated rings. The van der Waals surface area contributed by atoms with Crippen LogP contribution in [0.1, 0.15) is 21.7 Å². The number of nitrogens with zero attached hydrogens (tertiary/aromatic N) is 1.